The van der Waals surface area contributed by atoms with Gasteiger partial charge in [0.15, 0.2) is 5.82 Å². The van der Waals surface area contributed by atoms with Crippen LogP contribution in [0.3, 0.4) is 0 Å². The number of nitrogens with zero attached hydrogens (tertiary/aromatic N) is 2. The fraction of sp³-hybridized carbons (Fsp3) is 0. The van der Waals surface area contributed by atoms with E-state index < -0.39 is 0 Å². The second-order valence-electron chi connectivity index (χ2n) is 3.99. The lowest BCUT2D eigenvalue weighted by Crippen LogP contribution is -1.91. The largest absolute Gasteiger partial charge is 0.399 e. The molecule has 2 aromatic heterocycles. The second kappa shape index (κ2) is 5.11. The van der Waals surface area contributed by atoms with Crippen molar-refractivity contribution in [3.05, 3.63) is 52.4 Å². The molecular weight excluding hydrogens is 322 g/mol. The minimum absolute atomic E-state index is 0.710. The SMILES string of the molecule is Nc1ccc(-c2nccc(-c3ccc(Br)s3)n2)cc1. The van der Waals surface area contributed by atoms with Gasteiger partial charge >= 0.3 is 0 Å². The average molecular weight is 332 g/mol. The monoisotopic (exact) mass is 331 g/mol. The standard InChI is InChI=1S/C14H10BrN3S/c15-13-6-5-12(19-13)11-7-8-17-14(18-11)9-1-3-10(16)4-2-9/h1-8H,16H2. The number of rotatable bonds is 2. The first-order valence-corrected chi connectivity index (χ1v) is 7.28. The van der Waals surface area contributed by atoms with Crippen molar-refractivity contribution in [2.24, 2.45) is 0 Å². The first-order valence-electron chi connectivity index (χ1n) is 5.67. The van der Waals surface area contributed by atoms with E-state index in [2.05, 4.69) is 25.9 Å². The topological polar surface area (TPSA) is 51.8 Å². The van der Waals surface area contributed by atoms with Gasteiger partial charge in [0.2, 0.25) is 0 Å². The Morgan fingerprint density at radius 2 is 1.79 bits per heavy atom. The van der Waals surface area contributed by atoms with Gasteiger partial charge in [-0.3, -0.25) is 0 Å². The summed E-state index contributed by atoms with van der Waals surface area (Å²) in [6.07, 6.45) is 1.78. The van der Waals surface area contributed by atoms with Crippen LogP contribution in [0, 0.1) is 0 Å². The minimum Gasteiger partial charge on any atom is -0.399 e. The average Bonchev–Trinajstić information content (AvgIpc) is 2.86. The summed E-state index contributed by atoms with van der Waals surface area (Å²) in [5.41, 5.74) is 8.31. The van der Waals surface area contributed by atoms with Crippen molar-refractivity contribution in [2.75, 3.05) is 5.73 Å². The van der Waals surface area contributed by atoms with E-state index in [1.54, 1.807) is 17.5 Å². The van der Waals surface area contributed by atoms with Gasteiger partial charge in [-0.05, 0) is 58.4 Å². The van der Waals surface area contributed by atoms with Crippen LogP contribution in [0.5, 0.6) is 0 Å². The number of aromatic nitrogens is 2. The van der Waals surface area contributed by atoms with Gasteiger partial charge < -0.3 is 5.73 Å². The fourth-order valence-corrected chi connectivity index (χ4v) is 3.08. The molecule has 0 aliphatic heterocycles. The van der Waals surface area contributed by atoms with Crippen molar-refractivity contribution in [3.8, 4) is 22.0 Å². The summed E-state index contributed by atoms with van der Waals surface area (Å²) < 4.78 is 1.09. The summed E-state index contributed by atoms with van der Waals surface area (Å²) >= 11 is 5.12. The van der Waals surface area contributed by atoms with Gasteiger partial charge in [-0.15, -0.1) is 11.3 Å². The van der Waals surface area contributed by atoms with Crippen LogP contribution < -0.4 is 5.73 Å². The Balaban J connectivity index is 2.02. The number of nitrogens with two attached hydrogens (primary N) is 1. The Labute approximate surface area is 123 Å². The molecule has 3 nitrogen and oxygen atoms in total. The van der Waals surface area contributed by atoms with Crippen LogP contribution in [-0.2, 0) is 0 Å². The molecule has 19 heavy (non-hydrogen) atoms. The number of anilines is 1. The molecule has 0 aliphatic rings. The number of halogens is 1. The van der Waals surface area contributed by atoms with E-state index in [4.69, 9.17) is 5.73 Å². The zero-order valence-corrected chi connectivity index (χ0v) is 12.3. The van der Waals surface area contributed by atoms with Crippen LogP contribution in [-0.4, -0.2) is 9.97 Å². The zero-order chi connectivity index (χ0) is 13.2. The fourth-order valence-electron chi connectivity index (χ4n) is 1.72. The van der Waals surface area contributed by atoms with E-state index in [1.807, 2.05) is 42.5 Å². The van der Waals surface area contributed by atoms with Crippen molar-refractivity contribution in [2.45, 2.75) is 0 Å². The zero-order valence-electron chi connectivity index (χ0n) is 9.88. The van der Waals surface area contributed by atoms with Crippen LogP contribution in [0.1, 0.15) is 0 Å². The molecule has 0 saturated heterocycles. The molecule has 1 aromatic carbocycles. The van der Waals surface area contributed by atoms with Crippen molar-refractivity contribution in [1.29, 1.82) is 0 Å². The molecule has 94 valence electrons. The van der Waals surface area contributed by atoms with Gasteiger partial charge in [-0.25, -0.2) is 9.97 Å². The smallest absolute Gasteiger partial charge is 0.159 e. The third-order valence-corrected chi connectivity index (χ3v) is 4.30. The number of nitrogen functional groups attached to an aromatic ring is 1. The number of thiophene rings is 1. The molecule has 0 atom stereocenters. The number of benzene rings is 1. The first-order chi connectivity index (χ1) is 9.22. The Morgan fingerprint density at radius 3 is 2.47 bits per heavy atom. The minimum atomic E-state index is 0.710. The highest BCUT2D eigenvalue weighted by Gasteiger charge is 2.06. The summed E-state index contributed by atoms with van der Waals surface area (Å²) in [5, 5.41) is 0. The third-order valence-electron chi connectivity index (χ3n) is 2.65. The molecule has 0 aliphatic carbocycles. The van der Waals surface area contributed by atoms with E-state index in [0.29, 0.717) is 5.82 Å². The number of hydrogen-bond acceptors (Lipinski definition) is 4. The summed E-state index contributed by atoms with van der Waals surface area (Å²) in [6, 6.07) is 13.5. The van der Waals surface area contributed by atoms with Gasteiger partial charge in [0, 0.05) is 17.4 Å². The predicted molar refractivity (Wildman–Crippen MR) is 82.9 cm³/mol. The molecular formula is C14H10BrN3S. The molecule has 0 radical (unpaired) electrons. The van der Waals surface area contributed by atoms with Crippen molar-refractivity contribution >= 4 is 33.0 Å². The van der Waals surface area contributed by atoms with Crippen molar-refractivity contribution < 1.29 is 0 Å². The molecule has 0 spiro atoms. The van der Waals surface area contributed by atoms with Crippen LogP contribution in [0.15, 0.2) is 52.4 Å². The summed E-state index contributed by atoms with van der Waals surface area (Å²) in [5.74, 6) is 0.710. The lowest BCUT2D eigenvalue weighted by molar-refractivity contribution is 1.18. The lowest BCUT2D eigenvalue weighted by atomic mass is 10.2. The second-order valence-corrected chi connectivity index (χ2v) is 6.45. The molecule has 5 heteroatoms. The molecule has 0 bridgehead atoms. The van der Waals surface area contributed by atoms with Crippen LogP contribution >= 0.6 is 27.3 Å². The quantitative estimate of drug-likeness (QED) is 0.715. The van der Waals surface area contributed by atoms with Gasteiger partial charge in [0.25, 0.3) is 0 Å². The van der Waals surface area contributed by atoms with Gasteiger partial charge in [-0.1, -0.05) is 0 Å². The normalized spacial score (nSPS) is 10.6. The van der Waals surface area contributed by atoms with Crippen molar-refractivity contribution in [1.82, 2.24) is 9.97 Å². The maximum absolute atomic E-state index is 5.68. The highest BCUT2D eigenvalue weighted by molar-refractivity contribution is 9.11. The highest BCUT2D eigenvalue weighted by atomic mass is 79.9. The maximum Gasteiger partial charge on any atom is 0.159 e. The van der Waals surface area contributed by atoms with Gasteiger partial charge in [0.1, 0.15) is 0 Å². The summed E-state index contributed by atoms with van der Waals surface area (Å²) in [4.78, 5) is 10.0. The van der Waals surface area contributed by atoms with Gasteiger partial charge in [-0.2, -0.15) is 0 Å². The Bertz CT molecular complexity index is 707. The van der Waals surface area contributed by atoms with Crippen LogP contribution in [0.25, 0.3) is 22.0 Å². The number of hydrogen-bond donors (Lipinski definition) is 1. The molecule has 0 fully saturated rings. The van der Waals surface area contributed by atoms with Crippen LogP contribution in [0.4, 0.5) is 5.69 Å². The molecule has 3 rings (SSSR count). The molecule has 3 aromatic rings. The van der Waals surface area contributed by atoms with Crippen molar-refractivity contribution in [3.63, 3.8) is 0 Å². The van der Waals surface area contributed by atoms with E-state index in [0.717, 1.165) is 25.6 Å². The van der Waals surface area contributed by atoms with Gasteiger partial charge in [0.05, 0.1) is 14.4 Å². The lowest BCUT2D eigenvalue weighted by Gasteiger charge is -2.02. The Morgan fingerprint density at radius 1 is 1.00 bits per heavy atom. The highest BCUT2D eigenvalue weighted by Crippen LogP contribution is 2.30. The Hall–Kier alpha value is -1.72. The molecule has 0 amide bonds. The van der Waals surface area contributed by atoms with E-state index in [1.165, 1.54) is 0 Å². The third kappa shape index (κ3) is 2.67. The van der Waals surface area contributed by atoms with Crippen LogP contribution in [0.2, 0.25) is 0 Å². The first kappa shape index (κ1) is 12.3. The Kier molecular flexibility index (Phi) is 3.31. The molecule has 0 unspecified atom stereocenters. The van der Waals surface area contributed by atoms with E-state index in [9.17, 15) is 0 Å². The molecule has 2 N–H and O–H groups in total. The maximum atomic E-state index is 5.68. The molecule has 0 saturated carbocycles. The molecule has 2 heterocycles. The summed E-state index contributed by atoms with van der Waals surface area (Å²) in [7, 11) is 0. The summed E-state index contributed by atoms with van der Waals surface area (Å²) in [6.45, 7) is 0. The van der Waals surface area contributed by atoms with E-state index >= 15 is 0 Å². The van der Waals surface area contributed by atoms with E-state index in [-0.39, 0.29) is 0 Å². The predicted octanol–water partition coefficient (Wildman–Crippen LogP) is 4.22.